The number of rotatable bonds is 9. The number of carbonyl (C=O) groups is 1. The summed E-state index contributed by atoms with van der Waals surface area (Å²) in [5.41, 5.74) is 2.20. The number of carbonyl (C=O) groups excluding carboxylic acids is 1. The van der Waals surface area contributed by atoms with Gasteiger partial charge in [-0.3, -0.25) is 9.69 Å². The maximum Gasteiger partial charge on any atom is 0.231 e. The van der Waals surface area contributed by atoms with Crippen LogP contribution in [0.1, 0.15) is 12.8 Å². The van der Waals surface area contributed by atoms with Gasteiger partial charge in [-0.25, -0.2) is 4.98 Å². The Morgan fingerprint density at radius 3 is 2.75 bits per heavy atom. The van der Waals surface area contributed by atoms with Crippen LogP contribution >= 0.6 is 0 Å². The van der Waals surface area contributed by atoms with Gasteiger partial charge in [-0.2, -0.15) is 9.97 Å². The monoisotopic (exact) mass is 494 g/mol. The molecule has 36 heavy (non-hydrogen) atoms. The van der Waals surface area contributed by atoms with Crippen molar-refractivity contribution in [2.75, 3.05) is 69.9 Å². The highest BCUT2D eigenvalue weighted by Crippen LogP contribution is 2.35. The summed E-state index contributed by atoms with van der Waals surface area (Å²) >= 11 is 0. The third-order valence-electron chi connectivity index (χ3n) is 6.70. The number of benzene rings is 1. The number of likely N-dealkylation sites (tertiary alicyclic amines) is 1. The van der Waals surface area contributed by atoms with Crippen molar-refractivity contribution in [1.82, 2.24) is 29.3 Å². The largest absolute Gasteiger partial charge is 0.454 e. The highest BCUT2D eigenvalue weighted by atomic mass is 16.7. The number of amides is 1. The molecule has 2 fully saturated rings. The molecule has 0 bridgehead atoms. The number of fused-ring (bicyclic) bond motifs is 2. The first-order chi connectivity index (χ1) is 17.7. The van der Waals surface area contributed by atoms with Crippen molar-refractivity contribution in [3.63, 3.8) is 0 Å². The van der Waals surface area contributed by atoms with Gasteiger partial charge in [0.1, 0.15) is 0 Å². The molecule has 1 aromatic carbocycles. The topological polar surface area (TPSA) is 119 Å². The number of nitrogens with zero attached hydrogens (tertiary/aromatic N) is 6. The highest BCUT2D eigenvalue weighted by Gasteiger charge is 2.21. The van der Waals surface area contributed by atoms with Gasteiger partial charge in [-0.05, 0) is 18.6 Å². The first kappa shape index (κ1) is 22.8. The fourth-order valence-corrected chi connectivity index (χ4v) is 4.70. The van der Waals surface area contributed by atoms with E-state index in [1.165, 1.54) is 0 Å². The molecule has 3 aliphatic heterocycles. The molecule has 12 heteroatoms. The minimum atomic E-state index is 0.213. The van der Waals surface area contributed by atoms with E-state index >= 15 is 0 Å². The average Bonchev–Trinajstić information content (AvgIpc) is 3.63. The standard InChI is InChI=1S/C24H30N8O4/c33-20-2-1-6-31(20)8-9-32-15-26-21-22(27-17-3-4-18-19(14-17)36-16-35-18)28-24(29-23(21)32)25-5-7-30-10-12-34-13-11-30/h3-4,14-15H,1-2,5-13,16H2,(H2,25,27,28,29). The zero-order valence-electron chi connectivity index (χ0n) is 20.1. The maximum atomic E-state index is 12.1. The SMILES string of the molecule is O=C1CCCN1CCn1cnc2c(Nc3ccc4c(c3)OCO4)nc(NCCN3CCOCC3)nc21. The van der Waals surface area contributed by atoms with Gasteiger partial charge in [0.25, 0.3) is 0 Å². The molecule has 0 atom stereocenters. The normalized spacial score (nSPS) is 17.8. The van der Waals surface area contributed by atoms with Gasteiger partial charge in [0.15, 0.2) is 28.5 Å². The number of imidazole rings is 1. The van der Waals surface area contributed by atoms with E-state index in [9.17, 15) is 4.79 Å². The first-order valence-electron chi connectivity index (χ1n) is 12.4. The molecule has 2 aromatic heterocycles. The van der Waals surface area contributed by atoms with Crippen LogP contribution in [0.3, 0.4) is 0 Å². The maximum absolute atomic E-state index is 12.1. The van der Waals surface area contributed by atoms with Crippen LogP contribution in [-0.2, 0) is 16.1 Å². The summed E-state index contributed by atoms with van der Waals surface area (Å²) in [7, 11) is 0. The Labute approximate surface area is 208 Å². The van der Waals surface area contributed by atoms with Crippen LogP contribution in [0.25, 0.3) is 11.2 Å². The molecule has 0 saturated carbocycles. The van der Waals surface area contributed by atoms with Gasteiger partial charge in [0.2, 0.25) is 18.6 Å². The Balaban J connectivity index is 1.24. The number of nitrogens with one attached hydrogen (secondary N) is 2. The molecule has 3 aromatic rings. The summed E-state index contributed by atoms with van der Waals surface area (Å²) in [4.78, 5) is 30.5. The van der Waals surface area contributed by atoms with Crippen molar-refractivity contribution in [3.8, 4) is 11.5 Å². The van der Waals surface area contributed by atoms with Crippen molar-refractivity contribution in [2.24, 2.45) is 0 Å². The molecule has 0 unspecified atom stereocenters. The molecule has 3 aliphatic rings. The minimum Gasteiger partial charge on any atom is -0.454 e. The Bertz CT molecular complexity index is 1240. The quantitative estimate of drug-likeness (QED) is 0.455. The Kier molecular flexibility index (Phi) is 6.43. The summed E-state index contributed by atoms with van der Waals surface area (Å²) in [6, 6.07) is 5.68. The zero-order chi connectivity index (χ0) is 24.3. The lowest BCUT2D eigenvalue weighted by Gasteiger charge is -2.26. The van der Waals surface area contributed by atoms with E-state index in [2.05, 4.69) is 20.5 Å². The molecule has 2 saturated heterocycles. The second kappa shape index (κ2) is 10.2. The molecule has 190 valence electrons. The predicted octanol–water partition coefficient (Wildman–Crippen LogP) is 1.67. The third kappa shape index (κ3) is 4.86. The number of ether oxygens (including phenoxy) is 3. The molecule has 2 N–H and O–H groups in total. The lowest BCUT2D eigenvalue weighted by molar-refractivity contribution is -0.127. The number of aromatic nitrogens is 4. The third-order valence-corrected chi connectivity index (χ3v) is 6.70. The molecular weight excluding hydrogens is 464 g/mol. The summed E-state index contributed by atoms with van der Waals surface area (Å²) in [5, 5.41) is 6.76. The average molecular weight is 495 g/mol. The van der Waals surface area contributed by atoms with Crippen LogP contribution in [0.5, 0.6) is 11.5 Å². The van der Waals surface area contributed by atoms with Crippen LogP contribution in [0, 0.1) is 0 Å². The molecule has 12 nitrogen and oxygen atoms in total. The first-order valence-corrected chi connectivity index (χ1v) is 12.4. The molecule has 1 amide bonds. The Morgan fingerprint density at radius 2 is 1.89 bits per heavy atom. The van der Waals surface area contributed by atoms with E-state index in [1.807, 2.05) is 27.7 Å². The van der Waals surface area contributed by atoms with E-state index in [-0.39, 0.29) is 12.7 Å². The van der Waals surface area contributed by atoms with Crippen LogP contribution in [0.2, 0.25) is 0 Å². The number of hydrogen-bond donors (Lipinski definition) is 2. The molecule has 6 rings (SSSR count). The van der Waals surface area contributed by atoms with E-state index in [1.54, 1.807) is 6.33 Å². The van der Waals surface area contributed by atoms with E-state index in [4.69, 9.17) is 24.2 Å². The fraction of sp³-hybridized carbons (Fsp3) is 0.500. The summed E-state index contributed by atoms with van der Waals surface area (Å²) in [6.07, 6.45) is 3.32. The van der Waals surface area contributed by atoms with E-state index in [0.29, 0.717) is 54.7 Å². The van der Waals surface area contributed by atoms with Gasteiger partial charge >= 0.3 is 0 Å². The molecule has 0 radical (unpaired) electrons. The summed E-state index contributed by atoms with van der Waals surface area (Å²) in [6.45, 7) is 7.28. The number of hydrogen-bond acceptors (Lipinski definition) is 10. The molecule has 5 heterocycles. The van der Waals surface area contributed by atoms with Crippen molar-refractivity contribution < 1.29 is 19.0 Å². The Morgan fingerprint density at radius 1 is 1.00 bits per heavy atom. The lowest BCUT2D eigenvalue weighted by atomic mass is 10.2. The van der Waals surface area contributed by atoms with Gasteiger partial charge in [-0.15, -0.1) is 0 Å². The van der Waals surface area contributed by atoms with Gasteiger partial charge < -0.3 is 34.3 Å². The minimum absolute atomic E-state index is 0.213. The van der Waals surface area contributed by atoms with Crippen LogP contribution in [0.15, 0.2) is 24.5 Å². The molecular formula is C24H30N8O4. The van der Waals surface area contributed by atoms with Crippen LogP contribution in [0.4, 0.5) is 17.5 Å². The Hall–Kier alpha value is -3.64. The van der Waals surface area contributed by atoms with E-state index < -0.39 is 0 Å². The lowest BCUT2D eigenvalue weighted by Crippen LogP contribution is -2.39. The predicted molar refractivity (Wildman–Crippen MR) is 133 cm³/mol. The smallest absolute Gasteiger partial charge is 0.231 e. The van der Waals surface area contributed by atoms with Crippen molar-refractivity contribution in [3.05, 3.63) is 24.5 Å². The van der Waals surface area contributed by atoms with Crippen LogP contribution in [-0.4, -0.2) is 94.5 Å². The van der Waals surface area contributed by atoms with E-state index in [0.717, 1.165) is 57.3 Å². The fourth-order valence-electron chi connectivity index (χ4n) is 4.70. The molecule has 0 aliphatic carbocycles. The summed E-state index contributed by atoms with van der Waals surface area (Å²) in [5.74, 6) is 2.75. The zero-order valence-corrected chi connectivity index (χ0v) is 20.1. The van der Waals surface area contributed by atoms with Gasteiger partial charge in [0.05, 0.1) is 19.5 Å². The van der Waals surface area contributed by atoms with Crippen molar-refractivity contribution in [2.45, 2.75) is 19.4 Å². The second-order valence-electron chi connectivity index (χ2n) is 9.06. The van der Waals surface area contributed by atoms with Crippen LogP contribution < -0.4 is 20.1 Å². The summed E-state index contributed by atoms with van der Waals surface area (Å²) < 4.78 is 18.4. The number of anilines is 3. The number of morpholine rings is 1. The van der Waals surface area contributed by atoms with Gasteiger partial charge in [0, 0.05) is 64.0 Å². The van der Waals surface area contributed by atoms with Crippen molar-refractivity contribution >= 4 is 34.5 Å². The van der Waals surface area contributed by atoms with Gasteiger partial charge in [-0.1, -0.05) is 0 Å². The molecule has 0 spiro atoms. The second-order valence-corrected chi connectivity index (χ2v) is 9.06. The van der Waals surface area contributed by atoms with Crippen molar-refractivity contribution in [1.29, 1.82) is 0 Å². The highest BCUT2D eigenvalue weighted by molar-refractivity contribution is 5.87.